The van der Waals surface area contributed by atoms with Gasteiger partial charge in [0.15, 0.2) is 0 Å². The third-order valence-corrected chi connectivity index (χ3v) is 2.91. The van der Waals surface area contributed by atoms with Crippen molar-refractivity contribution in [3.63, 3.8) is 0 Å². The number of anilines is 1. The lowest BCUT2D eigenvalue weighted by Gasteiger charge is -2.30. The predicted octanol–water partition coefficient (Wildman–Crippen LogP) is 1.41. The van der Waals surface area contributed by atoms with E-state index in [1.54, 1.807) is 0 Å². The predicted molar refractivity (Wildman–Crippen MR) is 61.9 cm³/mol. The van der Waals surface area contributed by atoms with E-state index in [0.29, 0.717) is 12.4 Å². The zero-order valence-electron chi connectivity index (χ0n) is 9.28. The summed E-state index contributed by atoms with van der Waals surface area (Å²) in [5.74, 6) is 0.579. The maximum absolute atomic E-state index is 10.8. The normalized spacial score (nSPS) is 20.0. The molecule has 1 atom stereocenters. The Morgan fingerprint density at radius 3 is 3.12 bits per heavy atom. The summed E-state index contributed by atoms with van der Waals surface area (Å²) >= 11 is 0. The monoisotopic (exact) mass is 235 g/mol. The topological polar surface area (TPSA) is 76.3 Å². The fourth-order valence-electron chi connectivity index (χ4n) is 2.02. The summed E-state index contributed by atoms with van der Waals surface area (Å²) in [6, 6.07) is 2.82. The van der Waals surface area contributed by atoms with E-state index in [-0.39, 0.29) is 11.6 Å². The number of hydrogen-bond donors (Lipinski definition) is 0. The van der Waals surface area contributed by atoms with E-state index in [1.807, 2.05) is 4.90 Å². The minimum Gasteiger partial charge on any atom is -0.356 e. The zero-order chi connectivity index (χ0) is 12.3. The molecule has 0 bridgehead atoms. The number of pyridine rings is 1. The van der Waals surface area contributed by atoms with Gasteiger partial charge in [-0.15, -0.1) is 0 Å². The van der Waals surface area contributed by atoms with Crippen molar-refractivity contribution in [3.05, 3.63) is 28.4 Å². The van der Waals surface area contributed by atoms with Crippen molar-refractivity contribution in [2.24, 2.45) is 5.92 Å². The summed E-state index contributed by atoms with van der Waals surface area (Å²) in [5, 5.41) is 10.7. The molecule has 6 nitrogen and oxygen atoms in total. The molecule has 1 saturated heterocycles. The molecule has 1 aliphatic rings. The Bertz CT molecular complexity index is 436. The Labute approximate surface area is 98.4 Å². The number of nitrogens with zero attached hydrogens (tertiary/aromatic N) is 3. The number of aromatic nitrogens is 1. The standard InChI is InChI=1S/C11H13N3O3/c15-8-9-2-1-5-13(7-9)11-6-10(14(16)17)3-4-12-11/h3-4,6,8-9H,1-2,5,7H2. The van der Waals surface area contributed by atoms with Gasteiger partial charge in [-0.2, -0.15) is 0 Å². The molecule has 0 aromatic carbocycles. The summed E-state index contributed by atoms with van der Waals surface area (Å²) in [4.78, 5) is 27.0. The highest BCUT2D eigenvalue weighted by Crippen LogP contribution is 2.23. The molecule has 2 rings (SSSR count). The number of nitro groups is 1. The average molecular weight is 235 g/mol. The van der Waals surface area contributed by atoms with E-state index in [4.69, 9.17) is 0 Å². The summed E-state index contributed by atoms with van der Waals surface area (Å²) in [6.45, 7) is 1.39. The van der Waals surface area contributed by atoms with Crippen molar-refractivity contribution in [3.8, 4) is 0 Å². The Balaban J connectivity index is 2.18. The van der Waals surface area contributed by atoms with Crippen LogP contribution >= 0.6 is 0 Å². The second-order valence-corrected chi connectivity index (χ2v) is 4.11. The first-order chi connectivity index (χ1) is 8.20. The van der Waals surface area contributed by atoms with E-state index in [1.165, 1.54) is 18.3 Å². The second-order valence-electron chi connectivity index (χ2n) is 4.11. The van der Waals surface area contributed by atoms with Gasteiger partial charge in [0.2, 0.25) is 0 Å². The van der Waals surface area contributed by atoms with Crippen molar-refractivity contribution in [1.29, 1.82) is 0 Å². The summed E-state index contributed by atoms with van der Waals surface area (Å²) in [7, 11) is 0. The molecule has 0 radical (unpaired) electrons. The molecular formula is C11H13N3O3. The van der Waals surface area contributed by atoms with Crippen LogP contribution < -0.4 is 4.90 Å². The number of piperidine rings is 1. The largest absolute Gasteiger partial charge is 0.356 e. The lowest BCUT2D eigenvalue weighted by Crippen LogP contribution is -2.36. The summed E-state index contributed by atoms with van der Waals surface area (Å²) in [6.07, 6.45) is 4.17. The molecule has 6 heteroatoms. The van der Waals surface area contributed by atoms with Crippen LogP contribution in [0.15, 0.2) is 18.3 Å². The minimum absolute atomic E-state index is 0.00446. The summed E-state index contributed by atoms with van der Waals surface area (Å²) < 4.78 is 0. The highest BCUT2D eigenvalue weighted by Gasteiger charge is 2.21. The molecule has 0 N–H and O–H groups in total. The van der Waals surface area contributed by atoms with Crippen LogP contribution in [0.2, 0.25) is 0 Å². The van der Waals surface area contributed by atoms with Gasteiger partial charge in [0.25, 0.3) is 5.69 Å². The fourth-order valence-corrected chi connectivity index (χ4v) is 2.02. The number of carbonyl (C=O) groups excluding carboxylic acids is 1. The van der Waals surface area contributed by atoms with Crippen molar-refractivity contribution in [2.45, 2.75) is 12.8 Å². The van der Waals surface area contributed by atoms with Crippen LogP contribution in [0.5, 0.6) is 0 Å². The van der Waals surface area contributed by atoms with E-state index >= 15 is 0 Å². The highest BCUT2D eigenvalue weighted by atomic mass is 16.6. The third-order valence-electron chi connectivity index (χ3n) is 2.91. The minimum atomic E-state index is -0.438. The van der Waals surface area contributed by atoms with Crippen molar-refractivity contribution in [2.75, 3.05) is 18.0 Å². The van der Waals surface area contributed by atoms with Gasteiger partial charge in [-0.1, -0.05) is 0 Å². The average Bonchev–Trinajstić information content (AvgIpc) is 2.39. The first-order valence-electron chi connectivity index (χ1n) is 5.51. The molecule has 1 fully saturated rings. The molecular weight excluding hydrogens is 222 g/mol. The molecule has 2 heterocycles. The van der Waals surface area contributed by atoms with Crippen LogP contribution in [-0.2, 0) is 4.79 Å². The molecule has 17 heavy (non-hydrogen) atoms. The van der Waals surface area contributed by atoms with Gasteiger partial charge in [0.1, 0.15) is 12.1 Å². The smallest absolute Gasteiger partial charge is 0.274 e. The van der Waals surface area contributed by atoms with Gasteiger partial charge < -0.3 is 9.69 Å². The van der Waals surface area contributed by atoms with E-state index < -0.39 is 4.92 Å². The Kier molecular flexibility index (Phi) is 3.32. The van der Waals surface area contributed by atoms with Crippen LogP contribution in [0.3, 0.4) is 0 Å². The van der Waals surface area contributed by atoms with Crippen molar-refractivity contribution >= 4 is 17.8 Å². The Morgan fingerprint density at radius 2 is 2.41 bits per heavy atom. The quantitative estimate of drug-likeness (QED) is 0.449. The molecule has 1 aromatic heterocycles. The van der Waals surface area contributed by atoms with Gasteiger partial charge in [-0.25, -0.2) is 4.98 Å². The number of hydrogen-bond acceptors (Lipinski definition) is 5. The summed E-state index contributed by atoms with van der Waals surface area (Å²) in [5.41, 5.74) is 0.0308. The Morgan fingerprint density at radius 1 is 1.59 bits per heavy atom. The molecule has 1 unspecified atom stereocenters. The Hall–Kier alpha value is -1.98. The molecule has 90 valence electrons. The fraction of sp³-hybridized carbons (Fsp3) is 0.455. The first-order valence-corrected chi connectivity index (χ1v) is 5.51. The van der Waals surface area contributed by atoms with E-state index in [0.717, 1.165) is 25.7 Å². The van der Waals surface area contributed by atoms with Gasteiger partial charge in [-0.3, -0.25) is 10.1 Å². The number of rotatable bonds is 3. The van der Waals surface area contributed by atoms with Crippen molar-refractivity contribution in [1.82, 2.24) is 4.98 Å². The van der Waals surface area contributed by atoms with Crippen LogP contribution in [0.25, 0.3) is 0 Å². The lowest BCUT2D eigenvalue weighted by atomic mass is 10.00. The third kappa shape index (κ3) is 2.58. The molecule has 0 aliphatic carbocycles. The van der Waals surface area contributed by atoms with E-state index in [2.05, 4.69) is 4.98 Å². The van der Waals surface area contributed by atoms with Crippen LogP contribution in [0.4, 0.5) is 11.5 Å². The van der Waals surface area contributed by atoms with Gasteiger partial charge >= 0.3 is 0 Å². The molecule has 0 saturated carbocycles. The molecule has 0 spiro atoms. The van der Waals surface area contributed by atoms with Gasteiger partial charge in [0, 0.05) is 31.3 Å². The zero-order valence-corrected chi connectivity index (χ0v) is 9.28. The lowest BCUT2D eigenvalue weighted by molar-refractivity contribution is -0.384. The van der Waals surface area contributed by atoms with Gasteiger partial charge in [-0.05, 0) is 12.8 Å². The molecule has 1 aliphatic heterocycles. The highest BCUT2D eigenvalue weighted by molar-refractivity contribution is 5.56. The number of aldehydes is 1. The maximum Gasteiger partial charge on any atom is 0.274 e. The van der Waals surface area contributed by atoms with Crippen LogP contribution in [-0.4, -0.2) is 29.3 Å². The van der Waals surface area contributed by atoms with Crippen molar-refractivity contribution < 1.29 is 9.72 Å². The second kappa shape index (κ2) is 4.90. The van der Waals surface area contributed by atoms with Crippen LogP contribution in [0, 0.1) is 16.0 Å². The van der Waals surface area contributed by atoms with Gasteiger partial charge in [0.05, 0.1) is 11.0 Å². The maximum atomic E-state index is 10.8. The molecule has 1 aromatic rings. The first kappa shape index (κ1) is 11.5. The SMILES string of the molecule is O=CC1CCCN(c2cc([N+](=O)[O-])ccn2)C1. The van der Waals surface area contributed by atoms with Crippen LogP contribution in [0.1, 0.15) is 12.8 Å². The molecule has 0 amide bonds. The number of carbonyl (C=O) groups is 1. The van der Waals surface area contributed by atoms with E-state index in [9.17, 15) is 14.9 Å².